The first-order chi connectivity index (χ1) is 14.1. The second-order valence-corrected chi connectivity index (χ2v) is 6.24. The number of esters is 1. The van der Waals surface area contributed by atoms with Gasteiger partial charge in [-0.2, -0.15) is 9.67 Å². The molecule has 0 bridgehead atoms. The summed E-state index contributed by atoms with van der Waals surface area (Å²) in [5, 5.41) is 7.80. The van der Waals surface area contributed by atoms with Gasteiger partial charge in [0.2, 0.25) is 11.7 Å². The van der Waals surface area contributed by atoms with Crippen molar-refractivity contribution in [1.29, 1.82) is 0 Å². The Labute approximate surface area is 164 Å². The van der Waals surface area contributed by atoms with Gasteiger partial charge in [-0.3, -0.25) is 4.79 Å². The van der Waals surface area contributed by atoms with E-state index in [0.29, 0.717) is 11.5 Å². The standard InChI is InChI=1S/C20H16N4O5/c1-13-7-9-15(10-8-13)18-21-16(23-29-18)12-27-17(25)11-24-20(26)28-19(22-24)14-5-3-2-4-6-14/h2-10H,11-12H2,1H3. The predicted molar refractivity (Wildman–Crippen MR) is 100 cm³/mol. The molecule has 0 aliphatic heterocycles. The summed E-state index contributed by atoms with van der Waals surface area (Å²) in [5.74, 6) is -0.754. The van der Waals surface area contributed by atoms with Crippen LogP contribution in [0.3, 0.4) is 0 Å². The maximum absolute atomic E-state index is 12.0. The van der Waals surface area contributed by atoms with Crippen LogP contribution in [0, 0.1) is 6.92 Å². The first kappa shape index (κ1) is 18.4. The van der Waals surface area contributed by atoms with E-state index in [1.54, 1.807) is 24.3 Å². The van der Waals surface area contributed by atoms with E-state index in [1.807, 2.05) is 37.3 Å². The van der Waals surface area contributed by atoms with Gasteiger partial charge >= 0.3 is 11.7 Å². The summed E-state index contributed by atoms with van der Waals surface area (Å²) in [4.78, 5) is 28.1. The number of hydrogen-bond donors (Lipinski definition) is 0. The summed E-state index contributed by atoms with van der Waals surface area (Å²) in [6, 6.07) is 16.5. The molecule has 0 fully saturated rings. The maximum Gasteiger partial charge on any atom is 0.437 e. The van der Waals surface area contributed by atoms with Crippen LogP contribution >= 0.6 is 0 Å². The van der Waals surface area contributed by atoms with Crippen LogP contribution in [-0.4, -0.2) is 25.9 Å². The number of carbonyl (C=O) groups is 1. The number of benzene rings is 2. The molecule has 2 aromatic heterocycles. The largest absolute Gasteiger partial charge is 0.456 e. The van der Waals surface area contributed by atoms with E-state index in [2.05, 4.69) is 15.2 Å². The third-order valence-corrected chi connectivity index (χ3v) is 4.03. The average molecular weight is 392 g/mol. The van der Waals surface area contributed by atoms with Crippen LogP contribution in [0.25, 0.3) is 22.9 Å². The number of rotatable bonds is 6. The summed E-state index contributed by atoms with van der Waals surface area (Å²) < 4.78 is 16.3. The highest BCUT2D eigenvalue weighted by molar-refractivity contribution is 5.69. The summed E-state index contributed by atoms with van der Waals surface area (Å²) in [6.45, 7) is 1.40. The smallest absolute Gasteiger partial charge is 0.437 e. The molecule has 0 atom stereocenters. The minimum absolute atomic E-state index is 0.129. The molecule has 0 amide bonds. The lowest BCUT2D eigenvalue weighted by Crippen LogP contribution is -2.23. The number of aromatic nitrogens is 4. The van der Waals surface area contributed by atoms with Crippen molar-refractivity contribution in [3.8, 4) is 22.9 Å². The molecule has 0 saturated heterocycles. The van der Waals surface area contributed by atoms with Crippen molar-refractivity contribution in [2.24, 2.45) is 0 Å². The highest BCUT2D eigenvalue weighted by atomic mass is 16.5. The monoisotopic (exact) mass is 392 g/mol. The van der Waals surface area contributed by atoms with Gasteiger partial charge in [-0.1, -0.05) is 41.1 Å². The molecule has 9 heteroatoms. The van der Waals surface area contributed by atoms with Crippen LogP contribution in [0.1, 0.15) is 11.4 Å². The molecule has 0 N–H and O–H groups in total. The zero-order valence-electron chi connectivity index (χ0n) is 15.4. The molecule has 2 aromatic carbocycles. The Bertz CT molecular complexity index is 1180. The lowest BCUT2D eigenvalue weighted by Gasteiger charge is -2.00. The predicted octanol–water partition coefficient (Wildman–Crippen LogP) is 2.61. The van der Waals surface area contributed by atoms with Crippen molar-refractivity contribution in [1.82, 2.24) is 19.9 Å². The van der Waals surface area contributed by atoms with Crippen molar-refractivity contribution in [3.63, 3.8) is 0 Å². The van der Waals surface area contributed by atoms with Crippen molar-refractivity contribution >= 4 is 5.97 Å². The Kier molecular flexibility index (Phi) is 5.02. The highest BCUT2D eigenvalue weighted by Gasteiger charge is 2.15. The fourth-order valence-corrected chi connectivity index (χ4v) is 2.54. The minimum Gasteiger partial charge on any atom is -0.456 e. The molecule has 0 saturated carbocycles. The van der Waals surface area contributed by atoms with Crippen LogP contribution in [0.2, 0.25) is 0 Å². The second kappa shape index (κ2) is 7.93. The second-order valence-electron chi connectivity index (χ2n) is 6.24. The lowest BCUT2D eigenvalue weighted by molar-refractivity contribution is -0.146. The normalized spacial score (nSPS) is 10.8. The molecular formula is C20H16N4O5. The lowest BCUT2D eigenvalue weighted by atomic mass is 10.1. The van der Waals surface area contributed by atoms with Crippen molar-refractivity contribution in [2.45, 2.75) is 20.1 Å². The Morgan fingerprint density at radius 2 is 1.76 bits per heavy atom. The van der Waals surface area contributed by atoms with Crippen LogP contribution in [0.5, 0.6) is 0 Å². The van der Waals surface area contributed by atoms with Crippen LogP contribution in [0.15, 0.2) is 68.3 Å². The van der Waals surface area contributed by atoms with E-state index in [0.717, 1.165) is 15.8 Å². The number of carbonyl (C=O) groups excluding carboxylic acids is 1. The molecule has 9 nitrogen and oxygen atoms in total. The van der Waals surface area contributed by atoms with Gasteiger partial charge in [-0.15, -0.1) is 5.10 Å². The highest BCUT2D eigenvalue weighted by Crippen LogP contribution is 2.18. The van der Waals surface area contributed by atoms with Crippen LogP contribution < -0.4 is 5.76 Å². The molecule has 29 heavy (non-hydrogen) atoms. The minimum atomic E-state index is -0.748. The van der Waals surface area contributed by atoms with Crippen LogP contribution in [0.4, 0.5) is 0 Å². The topological polar surface area (TPSA) is 113 Å². The Morgan fingerprint density at radius 3 is 2.52 bits per heavy atom. The van der Waals surface area contributed by atoms with E-state index in [9.17, 15) is 9.59 Å². The zero-order chi connectivity index (χ0) is 20.2. The van der Waals surface area contributed by atoms with Gasteiger partial charge in [-0.25, -0.2) is 4.79 Å². The van der Waals surface area contributed by atoms with Gasteiger partial charge in [0.1, 0.15) is 6.54 Å². The van der Waals surface area contributed by atoms with Gasteiger partial charge in [0.25, 0.3) is 5.89 Å². The average Bonchev–Trinajstić information content (AvgIpc) is 3.35. The molecular weight excluding hydrogens is 376 g/mol. The van der Waals surface area contributed by atoms with Gasteiger partial charge in [0, 0.05) is 11.1 Å². The number of nitrogens with zero attached hydrogens (tertiary/aromatic N) is 4. The van der Waals surface area contributed by atoms with Crippen molar-refractivity contribution in [3.05, 3.63) is 76.5 Å². The summed E-state index contributed by atoms with van der Waals surface area (Å²) >= 11 is 0. The van der Waals surface area contributed by atoms with E-state index in [1.165, 1.54) is 0 Å². The molecule has 4 rings (SSSR count). The summed E-state index contributed by atoms with van der Waals surface area (Å²) in [6.07, 6.45) is 0. The Morgan fingerprint density at radius 1 is 1.03 bits per heavy atom. The molecule has 4 aromatic rings. The van der Waals surface area contributed by atoms with Gasteiger partial charge in [0.15, 0.2) is 6.61 Å². The SMILES string of the molecule is Cc1ccc(-c2nc(COC(=O)Cn3nc(-c4ccccc4)oc3=O)no2)cc1. The third kappa shape index (κ3) is 4.29. The zero-order valence-corrected chi connectivity index (χ0v) is 15.4. The van der Waals surface area contributed by atoms with Gasteiger partial charge < -0.3 is 13.7 Å². The first-order valence-electron chi connectivity index (χ1n) is 8.77. The first-order valence-corrected chi connectivity index (χ1v) is 8.77. The van der Waals surface area contributed by atoms with Crippen molar-refractivity contribution in [2.75, 3.05) is 0 Å². The maximum atomic E-state index is 12.0. The van der Waals surface area contributed by atoms with Gasteiger partial charge in [-0.05, 0) is 31.2 Å². The third-order valence-electron chi connectivity index (χ3n) is 4.03. The van der Waals surface area contributed by atoms with E-state index in [4.69, 9.17) is 13.7 Å². The molecule has 146 valence electrons. The molecule has 2 heterocycles. The number of hydrogen-bond acceptors (Lipinski definition) is 8. The van der Waals surface area contributed by atoms with E-state index < -0.39 is 18.3 Å². The Hall–Kier alpha value is -4.01. The fourth-order valence-electron chi connectivity index (χ4n) is 2.54. The summed E-state index contributed by atoms with van der Waals surface area (Å²) in [5.41, 5.74) is 2.51. The van der Waals surface area contributed by atoms with Crippen LogP contribution in [-0.2, 0) is 22.7 Å². The number of ether oxygens (including phenoxy) is 1. The van der Waals surface area contributed by atoms with Gasteiger partial charge in [0.05, 0.1) is 0 Å². The van der Waals surface area contributed by atoms with Crippen molar-refractivity contribution < 1.29 is 18.5 Å². The van der Waals surface area contributed by atoms with E-state index >= 15 is 0 Å². The van der Waals surface area contributed by atoms with E-state index in [-0.39, 0.29) is 18.3 Å². The molecule has 0 unspecified atom stereocenters. The summed E-state index contributed by atoms with van der Waals surface area (Å²) in [7, 11) is 0. The molecule has 0 aliphatic carbocycles. The molecule has 0 aliphatic rings. The molecule has 0 radical (unpaired) electrons. The Balaban J connectivity index is 1.37. The number of aryl methyl sites for hydroxylation is 1. The quantitative estimate of drug-likeness (QED) is 0.460. The molecule has 0 spiro atoms. The fraction of sp³-hybridized carbons (Fsp3) is 0.150.